The molecule has 0 aliphatic heterocycles. The first kappa shape index (κ1) is 20.9. The number of carbonyl (C=O) groups is 1. The van der Waals surface area contributed by atoms with Crippen LogP contribution in [0, 0.1) is 0 Å². The van der Waals surface area contributed by atoms with Gasteiger partial charge in [-0.05, 0) is 24.2 Å². The highest BCUT2D eigenvalue weighted by Crippen LogP contribution is 2.25. The molecule has 1 unspecified atom stereocenters. The molecule has 1 heterocycles. The molecule has 1 atom stereocenters. The van der Waals surface area contributed by atoms with Crippen LogP contribution in [0.25, 0.3) is 0 Å². The second kappa shape index (κ2) is 9.50. The smallest absolute Gasteiger partial charge is 0.362 e. The summed E-state index contributed by atoms with van der Waals surface area (Å²) in [7, 11) is 1.80. The van der Waals surface area contributed by atoms with Gasteiger partial charge in [-0.15, -0.1) is 0 Å². The molecule has 4 nitrogen and oxygen atoms in total. The maximum atomic E-state index is 12.5. The van der Waals surface area contributed by atoms with Gasteiger partial charge in [0.2, 0.25) is 0 Å². The Kier molecular flexibility index (Phi) is 7.36. The first-order valence-electron chi connectivity index (χ1n) is 8.84. The summed E-state index contributed by atoms with van der Waals surface area (Å²) in [6.45, 7) is 2.37. The normalized spacial score (nSPS) is 12.6. The molecule has 0 aliphatic rings. The Hall–Kier alpha value is -2.41. The number of pyridine rings is 1. The van der Waals surface area contributed by atoms with E-state index in [0.29, 0.717) is 25.2 Å². The number of benzene rings is 1. The third-order valence-corrected chi connectivity index (χ3v) is 4.18. The van der Waals surface area contributed by atoms with Crippen LogP contribution in [0.5, 0.6) is 0 Å². The summed E-state index contributed by atoms with van der Waals surface area (Å²) in [6.07, 6.45) is -2.77. The van der Waals surface area contributed by atoms with Crippen molar-refractivity contribution in [1.82, 2.24) is 10.3 Å². The Morgan fingerprint density at radius 3 is 2.48 bits per heavy atom. The number of rotatable bonds is 9. The molecular formula is C20H24F3N3O. The van der Waals surface area contributed by atoms with E-state index in [4.69, 9.17) is 0 Å². The molecule has 1 aromatic carbocycles. The van der Waals surface area contributed by atoms with E-state index in [2.05, 4.69) is 15.6 Å². The lowest BCUT2D eigenvalue weighted by atomic mass is 10.0. The molecule has 0 aliphatic carbocycles. The van der Waals surface area contributed by atoms with Crippen molar-refractivity contribution in [3.63, 3.8) is 0 Å². The van der Waals surface area contributed by atoms with E-state index in [1.807, 2.05) is 13.0 Å². The van der Waals surface area contributed by atoms with E-state index in [-0.39, 0.29) is 17.4 Å². The molecule has 0 saturated carbocycles. The summed E-state index contributed by atoms with van der Waals surface area (Å²) in [5.74, 6) is 0.728. The molecule has 1 aromatic heterocycles. The second-order valence-electron chi connectivity index (χ2n) is 6.37. The van der Waals surface area contributed by atoms with Crippen molar-refractivity contribution in [3.8, 4) is 0 Å². The SMILES string of the molecule is CCC(=O)Cc1cccnc1NC(CNC)c1ccc(CC(F)(F)F)cc1. The zero-order chi connectivity index (χ0) is 19.9. The Bertz CT molecular complexity index is 745. The standard InChI is InChI=1S/C20H24F3N3O/c1-3-17(27)11-16-5-4-10-25-19(16)26-18(13-24-2)15-8-6-14(7-9-15)12-20(21,22)23/h4-10,18,24H,3,11-13H2,1-2H3,(H,25,26). The minimum Gasteiger partial charge on any atom is -0.362 e. The largest absolute Gasteiger partial charge is 0.393 e. The van der Waals surface area contributed by atoms with Gasteiger partial charge in [0.1, 0.15) is 11.6 Å². The van der Waals surface area contributed by atoms with E-state index in [1.165, 1.54) is 12.1 Å². The summed E-state index contributed by atoms with van der Waals surface area (Å²) in [5.41, 5.74) is 1.87. The highest BCUT2D eigenvalue weighted by Gasteiger charge is 2.27. The van der Waals surface area contributed by atoms with Crippen LogP contribution in [0.4, 0.5) is 19.0 Å². The highest BCUT2D eigenvalue weighted by atomic mass is 19.4. The van der Waals surface area contributed by atoms with Gasteiger partial charge >= 0.3 is 6.18 Å². The molecule has 27 heavy (non-hydrogen) atoms. The van der Waals surface area contributed by atoms with Crippen LogP contribution >= 0.6 is 0 Å². The average Bonchev–Trinajstić information content (AvgIpc) is 2.62. The molecule has 2 rings (SSSR count). The Morgan fingerprint density at radius 1 is 1.19 bits per heavy atom. The molecule has 2 aromatic rings. The molecule has 0 amide bonds. The zero-order valence-corrected chi connectivity index (χ0v) is 15.4. The van der Waals surface area contributed by atoms with Crippen LogP contribution in [-0.4, -0.2) is 30.5 Å². The Morgan fingerprint density at radius 2 is 1.89 bits per heavy atom. The number of nitrogens with zero attached hydrogens (tertiary/aromatic N) is 1. The monoisotopic (exact) mass is 379 g/mol. The lowest BCUT2D eigenvalue weighted by Crippen LogP contribution is -2.25. The number of carbonyl (C=O) groups excluding carboxylic acids is 1. The van der Waals surface area contributed by atoms with Crippen LogP contribution in [0.15, 0.2) is 42.6 Å². The van der Waals surface area contributed by atoms with Gasteiger partial charge in [0.15, 0.2) is 0 Å². The van der Waals surface area contributed by atoms with Crippen molar-refractivity contribution in [2.45, 2.75) is 38.4 Å². The summed E-state index contributed by atoms with van der Waals surface area (Å²) in [4.78, 5) is 16.1. The number of hydrogen-bond acceptors (Lipinski definition) is 4. The highest BCUT2D eigenvalue weighted by molar-refractivity contribution is 5.81. The van der Waals surface area contributed by atoms with Gasteiger partial charge in [-0.1, -0.05) is 37.3 Å². The van der Waals surface area contributed by atoms with E-state index in [1.54, 1.807) is 31.4 Å². The van der Waals surface area contributed by atoms with Crippen LogP contribution in [0.1, 0.15) is 36.1 Å². The number of hydrogen-bond donors (Lipinski definition) is 2. The lowest BCUT2D eigenvalue weighted by molar-refractivity contribution is -0.127. The second-order valence-corrected chi connectivity index (χ2v) is 6.37. The number of likely N-dealkylation sites (N-methyl/N-ethyl adjacent to an activating group) is 1. The van der Waals surface area contributed by atoms with E-state index in [0.717, 1.165) is 11.1 Å². The first-order chi connectivity index (χ1) is 12.8. The molecular weight excluding hydrogens is 355 g/mol. The van der Waals surface area contributed by atoms with Gasteiger partial charge in [-0.2, -0.15) is 13.2 Å². The summed E-state index contributed by atoms with van der Waals surface area (Å²) in [5, 5.41) is 6.39. The Balaban J connectivity index is 2.20. The van der Waals surface area contributed by atoms with Crippen molar-refractivity contribution in [2.24, 2.45) is 0 Å². The van der Waals surface area contributed by atoms with Crippen LogP contribution in [0.3, 0.4) is 0 Å². The Labute approximate surface area is 157 Å². The van der Waals surface area contributed by atoms with Crippen LogP contribution in [0.2, 0.25) is 0 Å². The number of halogens is 3. The number of aromatic nitrogens is 1. The van der Waals surface area contributed by atoms with Gasteiger partial charge in [-0.25, -0.2) is 4.98 Å². The minimum atomic E-state index is -4.22. The maximum absolute atomic E-state index is 12.5. The van der Waals surface area contributed by atoms with Gasteiger partial charge in [-0.3, -0.25) is 4.79 Å². The molecule has 0 bridgehead atoms. The van der Waals surface area contributed by atoms with Crippen LogP contribution < -0.4 is 10.6 Å². The first-order valence-corrected chi connectivity index (χ1v) is 8.84. The van der Waals surface area contributed by atoms with Crippen molar-refractivity contribution >= 4 is 11.6 Å². The topological polar surface area (TPSA) is 54.0 Å². The van der Waals surface area contributed by atoms with E-state index >= 15 is 0 Å². The minimum absolute atomic E-state index is 0.118. The summed E-state index contributed by atoms with van der Waals surface area (Å²) >= 11 is 0. The van der Waals surface area contributed by atoms with Gasteiger partial charge in [0.25, 0.3) is 0 Å². The van der Waals surface area contributed by atoms with Crippen LogP contribution in [-0.2, 0) is 17.6 Å². The van der Waals surface area contributed by atoms with Crippen molar-refractivity contribution in [3.05, 3.63) is 59.3 Å². The fourth-order valence-corrected chi connectivity index (χ4v) is 2.77. The van der Waals surface area contributed by atoms with E-state index < -0.39 is 12.6 Å². The van der Waals surface area contributed by atoms with Crippen molar-refractivity contribution < 1.29 is 18.0 Å². The number of nitrogens with one attached hydrogen (secondary N) is 2. The number of ketones is 1. The third-order valence-electron chi connectivity index (χ3n) is 4.18. The fraction of sp³-hybridized carbons (Fsp3) is 0.400. The number of Topliss-reactive ketones (excluding diaryl/α,β-unsaturated/α-hetero) is 1. The number of alkyl halides is 3. The molecule has 146 valence electrons. The molecule has 7 heteroatoms. The number of anilines is 1. The molecule has 0 fully saturated rings. The predicted octanol–water partition coefficient (Wildman–Crippen LogP) is 4.08. The van der Waals surface area contributed by atoms with Crippen molar-refractivity contribution in [1.29, 1.82) is 0 Å². The van der Waals surface area contributed by atoms with Gasteiger partial charge < -0.3 is 10.6 Å². The average molecular weight is 379 g/mol. The van der Waals surface area contributed by atoms with E-state index in [9.17, 15) is 18.0 Å². The lowest BCUT2D eigenvalue weighted by Gasteiger charge is -2.21. The maximum Gasteiger partial charge on any atom is 0.393 e. The van der Waals surface area contributed by atoms with Gasteiger partial charge in [0, 0.05) is 31.1 Å². The quantitative estimate of drug-likeness (QED) is 0.689. The third kappa shape index (κ3) is 6.67. The summed E-state index contributed by atoms with van der Waals surface area (Å²) < 4.78 is 37.6. The molecule has 0 radical (unpaired) electrons. The molecule has 0 saturated heterocycles. The van der Waals surface area contributed by atoms with Gasteiger partial charge in [0.05, 0.1) is 12.5 Å². The van der Waals surface area contributed by atoms with Crippen molar-refractivity contribution in [2.75, 3.05) is 18.9 Å². The fourth-order valence-electron chi connectivity index (χ4n) is 2.77. The molecule has 2 N–H and O–H groups in total. The molecule has 0 spiro atoms. The predicted molar refractivity (Wildman–Crippen MR) is 99.7 cm³/mol. The zero-order valence-electron chi connectivity index (χ0n) is 15.4. The summed E-state index contributed by atoms with van der Waals surface area (Å²) in [6, 6.07) is 9.81.